The lowest BCUT2D eigenvalue weighted by molar-refractivity contribution is -0.274. The van der Waals surface area contributed by atoms with Crippen LogP contribution in [0, 0.1) is 0 Å². The van der Waals surface area contributed by atoms with Gasteiger partial charge in [0, 0.05) is 18.0 Å². The van der Waals surface area contributed by atoms with Gasteiger partial charge in [-0.25, -0.2) is 0 Å². The molecule has 0 bridgehead atoms. The maximum absolute atomic E-state index is 12.3. The Morgan fingerprint density at radius 2 is 1.93 bits per heavy atom. The predicted octanol–water partition coefficient (Wildman–Crippen LogP) is 4.39. The number of thiophene rings is 1. The van der Waals surface area contributed by atoms with Crippen molar-refractivity contribution < 1.29 is 22.7 Å². The quantitative estimate of drug-likeness (QED) is 0.708. The van der Waals surface area contributed by atoms with Crippen LogP contribution < -0.4 is 15.4 Å². The second-order valence-corrected chi connectivity index (χ2v) is 6.82. The van der Waals surface area contributed by atoms with Gasteiger partial charge in [0.15, 0.2) is 0 Å². The molecule has 2 heterocycles. The van der Waals surface area contributed by atoms with Gasteiger partial charge in [0.1, 0.15) is 5.75 Å². The van der Waals surface area contributed by atoms with Gasteiger partial charge < -0.3 is 15.4 Å². The minimum absolute atomic E-state index is 0. The zero-order valence-corrected chi connectivity index (χ0v) is 15.8. The third-order valence-electron chi connectivity index (χ3n) is 3.84. The Morgan fingerprint density at radius 3 is 2.56 bits per heavy atom. The smallest absolute Gasteiger partial charge is 0.406 e. The summed E-state index contributed by atoms with van der Waals surface area (Å²) in [5.41, 5.74) is 1.93. The maximum Gasteiger partial charge on any atom is 0.573 e. The second-order valence-electron chi connectivity index (χ2n) is 5.74. The van der Waals surface area contributed by atoms with E-state index in [1.165, 1.54) is 41.2 Å². The first-order valence-corrected chi connectivity index (χ1v) is 8.85. The van der Waals surface area contributed by atoms with Crippen molar-refractivity contribution in [3.63, 3.8) is 0 Å². The van der Waals surface area contributed by atoms with E-state index in [0.717, 1.165) is 30.0 Å². The van der Waals surface area contributed by atoms with E-state index in [-0.39, 0.29) is 24.1 Å². The highest BCUT2D eigenvalue weighted by Gasteiger charge is 2.31. The standard InChI is InChI=1S/C18H17F3N2O2S.ClH/c19-18(20,21)25-14-3-1-13(2-4-14)15-5-6-16(26-15)17(24)23-11-12-7-9-22-10-8-12;/h1-7,22H,8-11H2,(H,23,24);1H. The number of hydrogen-bond donors (Lipinski definition) is 2. The maximum atomic E-state index is 12.3. The number of carbonyl (C=O) groups excluding carboxylic acids is 1. The summed E-state index contributed by atoms with van der Waals surface area (Å²) in [7, 11) is 0. The van der Waals surface area contributed by atoms with E-state index in [2.05, 4.69) is 21.4 Å². The number of ether oxygens (including phenoxy) is 1. The van der Waals surface area contributed by atoms with Gasteiger partial charge in [-0.1, -0.05) is 11.6 Å². The van der Waals surface area contributed by atoms with Crippen molar-refractivity contribution >= 4 is 29.7 Å². The number of alkyl halides is 3. The molecule has 2 aromatic rings. The highest BCUT2D eigenvalue weighted by Crippen LogP contribution is 2.31. The van der Waals surface area contributed by atoms with E-state index in [0.29, 0.717) is 11.4 Å². The van der Waals surface area contributed by atoms with Crippen LogP contribution in [0.4, 0.5) is 13.2 Å². The second kappa shape index (κ2) is 9.25. The fourth-order valence-electron chi connectivity index (χ4n) is 2.55. The molecule has 2 N–H and O–H groups in total. The van der Waals surface area contributed by atoms with E-state index >= 15 is 0 Å². The lowest BCUT2D eigenvalue weighted by Crippen LogP contribution is -2.29. The van der Waals surface area contributed by atoms with Gasteiger partial charge in [-0.05, 0) is 54.9 Å². The van der Waals surface area contributed by atoms with Crippen molar-refractivity contribution in [3.05, 3.63) is 52.9 Å². The molecule has 146 valence electrons. The van der Waals surface area contributed by atoms with Crippen LogP contribution in [0.15, 0.2) is 48.0 Å². The van der Waals surface area contributed by atoms with Gasteiger partial charge in [-0.3, -0.25) is 4.79 Å². The molecule has 1 aliphatic heterocycles. The first-order chi connectivity index (χ1) is 12.4. The highest BCUT2D eigenvalue weighted by atomic mass is 35.5. The molecule has 1 aromatic heterocycles. The minimum Gasteiger partial charge on any atom is -0.406 e. The Kier molecular flexibility index (Phi) is 7.29. The third-order valence-corrected chi connectivity index (χ3v) is 4.97. The van der Waals surface area contributed by atoms with Crippen molar-refractivity contribution in [2.75, 3.05) is 19.6 Å². The van der Waals surface area contributed by atoms with Gasteiger partial charge in [0.05, 0.1) is 4.88 Å². The molecular formula is C18H18ClF3N2O2S. The molecule has 0 saturated heterocycles. The number of carbonyl (C=O) groups is 1. The average molecular weight is 419 g/mol. The van der Waals surface area contributed by atoms with Gasteiger partial charge in [-0.2, -0.15) is 0 Å². The number of rotatable bonds is 5. The topological polar surface area (TPSA) is 50.4 Å². The first kappa shape index (κ1) is 21.3. The molecule has 4 nitrogen and oxygen atoms in total. The number of amides is 1. The third kappa shape index (κ3) is 6.27. The molecule has 1 aliphatic rings. The first-order valence-electron chi connectivity index (χ1n) is 8.03. The molecule has 0 unspecified atom stereocenters. The van der Waals surface area contributed by atoms with Crippen LogP contribution in [0.1, 0.15) is 16.1 Å². The zero-order chi connectivity index (χ0) is 18.6. The summed E-state index contributed by atoms with van der Waals surface area (Å²) in [6.45, 7) is 2.26. The minimum atomic E-state index is -4.71. The molecular weight excluding hydrogens is 401 g/mol. The lowest BCUT2D eigenvalue weighted by atomic mass is 10.1. The molecule has 0 saturated carbocycles. The largest absolute Gasteiger partial charge is 0.573 e. The van der Waals surface area contributed by atoms with E-state index in [9.17, 15) is 18.0 Å². The van der Waals surface area contributed by atoms with Crippen molar-refractivity contribution in [1.29, 1.82) is 0 Å². The number of hydrogen-bond acceptors (Lipinski definition) is 4. The van der Waals surface area contributed by atoms with Crippen LogP contribution in [0.25, 0.3) is 10.4 Å². The SMILES string of the molecule is Cl.O=C(NCC1=CCNCC1)c1ccc(-c2ccc(OC(F)(F)F)cc2)s1. The fourth-order valence-corrected chi connectivity index (χ4v) is 3.47. The van der Waals surface area contributed by atoms with Gasteiger partial charge in [0.25, 0.3) is 5.91 Å². The number of halogens is 4. The summed E-state index contributed by atoms with van der Waals surface area (Å²) in [6.07, 6.45) is -1.71. The van der Waals surface area contributed by atoms with E-state index < -0.39 is 6.36 Å². The number of nitrogens with one attached hydrogen (secondary N) is 2. The Bertz CT molecular complexity index is 804. The normalized spacial score (nSPS) is 14.1. The van der Waals surface area contributed by atoms with Crippen LogP contribution in [0.5, 0.6) is 5.75 Å². The Balaban J connectivity index is 0.00000261. The Hall–Kier alpha value is -2.03. The van der Waals surface area contributed by atoms with Crippen LogP contribution in [-0.4, -0.2) is 31.9 Å². The predicted molar refractivity (Wildman–Crippen MR) is 102 cm³/mol. The van der Waals surface area contributed by atoms with Crippen LogP contribution in [0.3, 0.4) is 0 Å². The monoisotopic (exact) mass is 418 g/mol. The summed E-state index contributed by atoms with van der Waals surface area (Å²) in [6, 6.07) is 9.08. The summed E-state index contributed by atoms with van der Waals surface area (Å²) < 4.78 is 40.4. The van der Waals surface area contributed by atoms with Gasteiger partial charge in [0.2, 0.25) is 0 Å². The van der Waals surface area contributed by atoms with Gasteiger partial charge >= 0.3 is 6.36 Å². The van der Waals surface area contributed by atoms with Crippen molar-refractivity contribution in [1.82, 2.24) is 10.6 Å². The molecule has 0 radical (unpaired) electrons. The van der Waals surface area contributed by atoms with Gasteiger partial charge in [-0.15, -0.1) is 36.9 Å². The molecule has 0 atom stereocenters. The molecule has 0 fully saturated rings. The molecule has 1 amide bonds. The summed E-state index contributed by atoms with van der Waals surface area (Å²) in [5, 5.41) is 6.11. The fraction of sp³-hybridized carbons (Fsp3) is 0.278. The highest BCUT2D eigenvalue weighted by molar-refractivity contribution is 7.17. The van der Waals surface area contributed by atoms with E-state index in [1.807, 2.05) is 0 Å². The number of benzene rings is 1. The summed E-state index contributed by atoms with van der Waals surface area (Å²) >= 11 is 1.29. The molecule has 1 aromatic carbocycles. The Labute approximate surface area is 164 Å². The molecule has 3 rings (SSSR count). The van der Waals surface area contributed by atoms with Crippen molar-refractivity contribution in [2.45, 2.75) is 12.8 Å². The molecule has 9 heteroatoms. The van der Waals surface area contributed by atoms with Crippen LogP contribution in [0.2, 0.25) is 0 Å². The van der Waals surface area contributed by atoms with E-state index in [4.69, 9.17) is 0 Å². The Morgan fingerprint density at radius 1 is 1.19 bits per heavy atom. The van der Waals surface area contributed by atoms with E-state index in [1.54, 1.807) is 12.1 Å². The molecule has 0 spiro atoms. The molecule has 27 heavy (non-hydrogen) atoms. The summed E-state index contributed by atoms with van der Waals surface area (Å²) in [5.74, 6) is -0.427. The van der Waals surface area contributed by atoms with Crippen molar-refractivity contribution in [2.24, 2.45) is 0 Å². The van der Waals surface area contributed by atoms with Crippen molar-refractivity contribution in [3.8, 4) is 16.2 Å². The van der Waals surface area contributed by atoms with Crippen LogP contribution in [-0.2, 0) is 0 Å². The zero-order valence-electron chi connectivity index (χ0n) is 14.1. The summed E-state index contributed by atoms with van der Waals surface area (Å²) in [4.78, 5) is 13.6. The lowest BCUT2D eigenvalue weighted by Gasteiger charge is -2.14. The average Bonchev–Trinajstić information content (AvgIpc) is 3.10. The van der Waals surface area contributed by atoms with Crippen LogP contribution >= 0.6 is 23.7 Å². The molecule has 0 aliphatic carbocycles.